The smallest absolute Gasteiger partial charge is 0.409 e. The molecule has 5 rings (SSSR count). The predicted molar refractivity (Wildman–Crippen MR) is 180 cm³/mol. The summed E-state index contributed by atoms with van der Waals surface area (Å²) in [6.07, 6.45) is 0.453. The van der Waals surface area contributed by atoms with E-state index in [0.29, 0.717) is 30.6 Å². The van der Waals surface area contributed by atoms with Crippen molar-refractivity contribution in [3.8, 4) is 11.4 Å². The minimum absolute atomic E-state index is 0.0279. The Morgan fingerprint density at radius 3 is 2.21 bits per heavy atom. The summed E-state index contributed by atoms with van der Waals surface area (Å²) >= 11 is 0. The number of nitrogens with zero attached hydrogens (tertiary/aromatic N) is 4. The quantitative estimate of drug-likeness (QED) is 0.283. The van der Waals surface area contributed by atoms with Gasteiger partial charge in [-0.3, -0.25) is 14.4 Å². The standard InChI is InChI=1S/C36H44N6O6/c1-5-47-35(46)42-20-18-41(19-21-42)34(45)27(16-17-31(43)48-36(2,3)4)39-33(44)29-23-30(40-32(38-29)25-14-10-7-11-15-25)37-28-22-26(28)24-12-8-6-9-13-24/h6-15,23,26-28H,5,16-22H2,1-4H3,(H,39,44)(H,37,38,40)/t26?,27-,28?/m0/s1. The highest BCUT2D eigenvalue weighted by Gasteiger charge is 2.39. The molecule has 2 aromatic carbocycles. The van der Waals surface area contributed by atoms with E-state index in [1.807, 2.05) is 48.5 Å². The first kappa shape index (κ1) is 34.3. The van der Waals surface area contributed by atoms with Gasteiger partial charge in [-0.1, -0.05) is 60.7 Å². The number of hydrogen-bond donors (Lipinski definition) is 2. The molecule has 3 amide bonds. The third-order valence-electron chi connectivity index (χ3n) is 8.12. The molecular formula is C36H44N6O6. The predicted octanol–water partition coefficient (Wildman–Crippen LogP) is 4.63. The van der Waals surface area contributed by atoms with E-state index in [0.717, 1.165) is 12.0 Å². The number of benzene rings is 2. The summed E-state index contributed by atoms with van der Waals surface area (Å²) < 4.78 is 10.6. The van der Waals surface area contributed by atoms with Crippen LogP contribution in [0.2, 0.25) is 0 Å². The van der Waals surface area contributed by atoms with Gasteiger partial charge in [-0.25, -0.2) is 14.8 Å². The minimum atomic E-state index is -1.03. The van der Waals surface area contributed by atoms with Crippen molar-refractivity contribution < 1.29 is 28.7 Å². The molecule has 1 aliphatic heterocycles. The average molecular weight is 657 g/mol. The number of piperazine rings is 1. The molecule has 1 aliphatic carbocycles. The van der Waals surface area contributed by atoms with Crippen LogP contribution in [0.5, 0.6) is 0 Å². The molecule has 3 aromatic rings. The van der Waals surface area contributed by atoms with Gasteiger partial charge in [-0.2, -0.15) is 0 Å². The van der Waals surface area contributed by atoms with Crippen molar-refractivity contribution >= 4 is 29.7 Å². The highest BCUT2D eigenvalue weighted by Crippen LogP contribution is 2.42. The van der Waals surface area contributed by atoms with Crippen molar-refractivity contribution in [2.75, 3.05) is 38.1 Å². The van der Waals surface area contributed by atoms with Crippen molar-refractivity contribution in [2.24, 2.45) is 0 Å². The number of aromatic nitrogens is 2. The fraction of sp³-hybridized carbons (Fsp3) is 0.444. The highest BCUT2D eigenvalue weighted by atomic mass is 16.6. The van der Waals surface area contributed by atoms with Gasteiger partial charge in [0.15, 0.2) is 5.82 Å². The van der Waals surface area contributed by atoms with Gasteiger partial charge in [-0.15, -0.1) is 0 Å². The molecule has 1 aromatic heterocycles. The molecule has 254 valence electrons. The Balaban J connectivity index is 1.35. The van der Waals surface area contributed by atoms with Crippen LogP contribution >= 0.6 is 0 Å². The second kappa shape index (κ2) is 15.3. The van der Waals surface area contributed by atoms with Crippen molar-refractivity contribution in [1.82, 2.24) is 25.1 Å². The third-order valence-corrected chi connectivity index (χ3v) is 8.12. The lowest BCUT2D eigenvalue weighted by molar-refractivity contribution is -0.155. The second-order valence-electron chi connectivity index (χ2n) is 13.0. The Bertz CT molecular complexity index is 1590. The van der Waals surface area contributed by atoms with Crippen LogP contribution < -0.4 is 10.6 Å². The Morgan fingerprint density at radius 1 is 0.917 bits per heavy atom. The Morgan fingerprint density at radius 2 is 1.56 bits per heavy atom. The number of anilines is 1. The van der Waals surface area contributed by atoms with Crippen LogP contribution in [-0.2, 0) is 19.1 Å². The Hall–Kier alpha value is -5.00. The number of carbonyl (C=O) groups is 4. The number of nitrogens with one attached hydrogen (secondary N) is 2. The average Bonchev–Trinajstić information content (AvgIpc) is 3.85. The van der Waals surface area contributed by atoms with Gasteiger partial charge in [0.25, 0.3) is 5.91 Å². The number of carbonyl (C=O) groups excluding carboxylic acids is 4. The molecule has 48 heavy (non-hydrogen) atoms. The lowest BCUT2D eigenvalue weighted by atomic mass is 10.1. The SMILES string of the molecule is CCOC(=O)N1CCN(C(=O)[C@H](CCC(=O)OC(C)(C)C)NC(=O)c2cc(NC3CC3c3ccccc3)nc(-c3ccccc3)n2)CC1. The summed E-state index contributed by atoms with van der Waals surface area (Å²) in [4.78, 5) is 65.0. The zero-order chi connectivity index (χ0) is 34.3. The molecule has 3 atom stereocenters. The first-order chi connectivity index (χ1) is 23.0. The molecule has 0 radical (unpaired) electrons. The maximum absolute atomic E-state index is 13.9. The molecule has 0 spiro atoms. The monoisotopic (exact) mass is 656 g/mol. The molecule has 2 N–H and O–H groups in total. The minimum Gasteiger partial charge on any atom is -0.460 e. The molecule has 2 heterocycles. The van der Waals surface area contributed by atoms with Crippen LogP contribution in [0.3, 0.4) is 0 Å². The summed E-state index contributed by atoms with van der Waals surface area (Å²) in [6, 6.07) is 20.3. The number of amides is 3. The van der Waals surface area contributed by atoms with Gasteiger partial charge in [-0.05, 0) is 46.1 Å². The second-order valence-corrected chi connectivity index (χ2v) is 13.0. The lowest BCUT2D eigenvalue weighted by Gasteiger charge is -2.36. The third kappa shape index (κ3) is 9.30. The summed E-state index contributed by atoms with van der Waals surface area (Å²) in [5.41, 5.74) is 1.37. The first-order valence-corrected chi connectivity index (χ1v) is 16.5. The van der Waals surface area contributed by atoms with Crippen molar-refractivity contribution in [3.63, 3.8) is 0 Å². The maximum atomic E-state index is 13.9. The van der Waals surface area contributed by atoms with Crippen LogP contribution in [0.15, 0.2) is 66.7 Å². The van der Waals surface area contributed by atoms with Crippen LogP contribution in [-0.4, -0.2) is 94.1 Å². The summed E-state index contributed by atoms with van der Waals surface area (Å²) in [5, 5.41) is 6.32. The fourth-order valence-corrected chi connectivity index (χ4v) is 5.66. The zero-order valence-electron chi connectivity index (χ0n) is 28.0. The van der Waals surface area contributed by atoms with E-state index in [1.54, 1.807) is 43.6 Å². The van der Waals surface area contributed by atoms with Crippen LogP contribution in [0.25, 0.3) is 11.4 Å². The Labute approximate surface area is 281 Å². The van der Waals surface area contributed by atoms with Crippen molar-refractivity contribution in [2.45, 2.75) is 70.6 Å². The fourth-order valence-electron chi connectivity index (χ4n) is 5.66. The van der Waals surface area contributed by atoms with E-state index in [2.05, 4.69) is 27.8 Å². The van der Waals surface area contributed by atoms with E-state index in [1.165, 1.54) is 5.56 Å². The Kier molecular flexibility index (Phi) is 10.9. The van der Waals surface area contributed by atoms with Gasteiger partial charge in [0.1, 0.15) is 23.2 Å². The molecule has 0 bridgehead atoms. The normalized spacial score (nSPS) is 18.0. The maximum Gasteiger partial charge on any atom is 0.409 e. The topological polar surface area (TPSA) is 143 Å². The number of hydrogen-bond acceptors (Lipinski definition) is 9. The number of esters is 1. The van der Waals surface area contributed by atoms with Crippen molar-refractivity contribution in [3.05, 3.63) is 78.0 Å². The molecule has 1 saturated heterocycles. The van der Waals surface area contributed by atoms with E-state index in [-0.39, 0.29) is 50.2 Å². The lowest BCUT2D eigenvalue weighted by Crippen LogP contribution is -2.56. The largest absolute Gasteiger partial charge is 0.460 e. The van der Waals surface area contributed by atoms with Crippen LogP contribution in [0.4, 0.5) is 10.6 Å². The number of ether oxygens (including phenoxy) is 2. The molecule has 2 aliphatic rings. The van der Waals surface area contributed by atoms with Gasteiger partial charge in [0, 0.05) is 56.2 Å². The van der Waals surface area contributed by atoms with Crippen molar-refractivity contribution in [1.29, 1.82) is 0 Å². The molecule has 12 heteroatoms. The molecule has 1 saturated carbocycles. The summed E-state index contributed by atoms with van der Waals surface area (Å²) in [7, 11) is 0. The summed E-state index contributed by atoms with van der Waals surface area (Å²) in [5.74, 6) is -0.189. The van der Waals surface area contributed by atoms with Gasteiger partial charge in [0.2, 0.25) is 5.91 Å². The summed E-state index contributed by atoms with van der Waals surface area (Å²) in [6.45, 7) is 8.43. The van der Waals surface area contributed by atoms with Gasteiger partial charge >= 0.3 is 12.1 Å². The number of rotatable bonds is 11. The highest BCUT2D eigenvalue weighted by molar-refractivity contribution is 5.97. The van der Waals surface area contributed by atoms with Crippen LogP contribution in [0, 0.1) is 0 Å². The van der Waals surface area contributed by atoms with E-state index < -0.39 is 29.6 Å². The van der Waals surface area contributed by atoms with E-state index in [4.69, 9.17) is 14.5 Å². The molecule has 2 unspecified atom stereocenters. The van der Waals surface area contributed by atoms with Gasteiger partial charge in [0.05, 0.1) is 6.61 Å². The van der Waals surface area contributed by atoms with Crippen LogP contribution in [0.1, 0.15) is 68.9 Å². The first-order valence-electron chi connectivity index (χ1n) is 16.5. The van der Waals surface area contributed by atoms with E-state index in [9.17, 15) is 19.2 Å². The molecule has 12 nitrogen and oxygen atoms in total. The molecule has 2 fully saturated rings. The van der Waals surface area contributed by atoms with Gasteiger partial charge < -0.3 is 29.9 Å². The molecular weight excluding hydrogens is 612 g/mol. The van der Waals surface area contributed by atoms with E-state index >= 15 is 0 Å². The zero-order valence-corrected chi connectivity index (χ0v) is 28.0.